The SMILES string of the molecule is O=CC1C(c2cccnc2)CNN1c1ccc(I)cn1. The van der Waals surface area contributed by atoms with E-state index in [0.29, 0.717) is 6.54 Å². The van der Waals surface area contributed by atoms with E-state index in [9.17, 15) is 4.79 Å². The zero-order valence-corrected chi connectivity index (χ0v) is 12.8. The van der Waals surface area contributed by atoms with Gasteiger partial charge in [-0.15, -0.1) is 0 Å². The number of rotatable bonds is 3. The second kappa shape index (κ2) is 5.84. The molecule has 0 aliphatic carbocycles. The van der Waals surface area contributed by atoms with E-state index in [1.165, 1.54) is 0 Å². The molecule has 5 nitrogen and oxygen atoms in total. The standard InChI is InChI=1S/C14H13IN4O/c15-11-3-4-14(17-7-11)19-13(9-20)12(8-18-19)10-2-1-5-16-6-10/h1-7,9,12-13,18H,8H2. The van der Waals surface area contributed by atoms with E-state index >= 15 is 0 Å². The van der Waals surface area contributed by atoms with Crippen LogP contribution in [0.1, 0.15) is 11.5 Å². The van der Waals surface area contributed by atoms with E-state index in [1.54, 1.807) is 12.4 Å². The number of pyridine rings is 2. The highest BCUT2D eigenvalue weighted by Crippen LogP contribution is 2.28. The summed E-state index contributed by atoms with van der Waals surface area (Å²) in [5, 5.41) is 1.83. The molecular formula is C14H13IN4O. The normalized spacial score (nSPS) is 21.9. The molecule has 0 spiro atoms. The maximum atomic E-state index is 11.5. The highest BCUT2D eigenvalue weighted by Gasteiger charge is 2.35. The summed E-state index contributed by atoms with van der Waals surface area (Å²) in [6.07, 6.45) is 6.31. The Morgan fingerprint density at radius 2 is 2.25 bits per heavy atom. The van der Waals surface area contributed by atoms with Crippen LogP contribution in [-0.4, -0.2) is 28.8 Å². The first kappa shape index (κ1) is 13.4. The highest BCUT2D eigenvalue weighted by atomic mass is 127. The maximum Gasteiger partial charge on any atom is 0.144 e. The van der Waals surface area contributed by atoms with Gasteiger partial charge < -0.3 is 4.79 Å². The predicted octanol–water partition coefficient (Wildman–Crippen LogP) is 1.76. The van der Waals surface area contributed by atoms with Gasteiger partial charge in [0.2, 0.25) is 0 Å². The summed E-state index contributed by atoms with van der Waals surface area (Å²) >= 11 is 2.21. The van der Waals surface area contributed by atoms with E-state index in [4.69, 9.17) is 0 Å². The molecule has 0 aromatic carbocycles. The Balaban J connectivity index is 1.88. The number of hydrazine groups is 1. The summed E-state index contributed by atoms with van der Waals surface area (Å²) in [7, 11) is 0. The van der Waals surface area contributed by atoms with Gasteiger partial charge in [0.25, 0.3) is 0 Å². The number of carbonyl (C=O) groups excluding carboxylic acids is 1. The lowest BCUT2D eigenvalue weighted by atomic mass is 9.95. The molecule has 3 heterocycles. The van der Waals surface area contributed by atoms with E-state index in [0.717, 1.165) is 21.2 Å². The number of carbonyl (C=O) groups is 1. The summed E-state index contributed by atoms with van der Waals surface area (Å²) in [4.78, 5) is 20.0. The Kier molecular flexibility index (Phi) is 3.93. The van der Waals surface area contributed by atoms with E-state index < -0.39 is 0 Å². The van der Waals surface area contributed by atoms with Crippen LogP contribution in [-0.2, 0) is 4.79 Å². The van der Waals surface area contributed by atoms with Crippen LogP contribution in [0.25, 0.3) is 0 Å². The monoisotopic (exact) mass is 380 g/mol. The van der Waals surface area contributed by atoms with Gasteiger partial charge in [-0.25, -0.2) is 10.4 Å². The lowest BCUT2D eigenvalue weighted by Crippen LogP contribution is -2.39. The fourth-order valence-corrected chi connectivity index (χ4v) is 2.73. The summed E-state index contributed by atoms with van der Waals surface area (Å²) in [6, 6.07) is 7.51. The summed E-state index contributed by atoms with van der Waals surface area (Å²) in [6.45, 7) is 0.697. The van der Waals surface area contributed by atoms with Crippen LogP contribution in [0.15, 0.2) is 42.9 Å². The first-order valence-electron chi connectivity index (χ1n) is 6.29. The number of anilines is 1. The zero-order chi connectivity index (χ0) is 13.9. The molecule has 20 heavy (non-hydrogen) atoms. The molecule has 1 saturated heterocycles. The van der Waals surface area contributed by atoms with E-state index in [-0.39, 0.29) is 12.0 Å². The molecule has 2 aromatic heterocycles. The van der Waals surface area contributed by atoms with Crippen molar-refractivity contribution in [1.82, 2.24) is 15.4 Å². The van der Waals surface area contributed by atoms with Crippen LogP contribution in [0.3, 0.4) is 0 Å². The molecule has 3 rings (SSSR count). The van der Waals surface area contributed by atoms with Gasteiger partial charge in [0.15, 0.2) is 0 Å². The van der Waals surface area contributed by atoms with Gasteiger partial charge in [-0.3, -0.25) is 9.99 Å². The summed E-state index contributed by atoms with van der Waals surface area (Å²) in [5.74, 6) is 0.844. The average molecular weight is 380 g/mol. The minimum Gasteiger partial charge on any atom is -0.301 e. The second-order valence-electron chi connectivity index (χ2n) is 4.59. The van der Waals surface area contributed by atoms with Gasteiger partial charge in [0.1, 0.15) is 18.1 Å². The topological polar surface area (TPSA) is 58.1 Å². The number of nitrogens with one attached hydrogen (secondary N) is 1. The van der Waals surface area contributed by atoms with Crippen molar-refractivity contribution < 1.29 is 4.79 Å². The minimum absolute atomic E-state index is 0.0854. The third kappa shape index (κ3) is 2.53. The molecular weight excluding hydrogens is 367 g/mol. The Morgan fingerprint density at radius 1 is 1.35 bits per heavy atom. The maximum absolute atomic E-state index is 11.5. The van der Waals surface area contributed by atoms with Crippen LogP contribution in [0.2, 0.25) is 0 Å². The molecule has 1 fully saturated rings. The van der Waals surface area contributed by atoms with Crippen LogP contribution >= 0.6 is 22.6 Å². The van der Waals surface area contributed by atoms with Crippen molar-refractivity contribution in [2.24, 2.45) is 0 Å². The Labute approximate surface area is 130 Å². The van der Waals surface area contributed by atoms with Crippen molar-refractivity contribution in [2.45, 2.75) is 12.0 Å². The number of aldehydes is 1. The van der Waals surface area contributed by atoms with Gasteiger partial charge in [-0.05, 0) is 46.4 Å². The van der Waals surface area contributed by atoms with Crippen molar-refractivity contribution in [1.29, 1.82) is 0 Å². The minimum atomic E-state index is -0.272. The molecule has 1 aliphatic heterocycles. The van der Waals surface area contributed by atoms with Crippen molar-refractivity contribution in [2.75, 3.05) is 11.6 Å². The quantitative estimate of drug-likeness (QED) is 0.650. The van der Waals surface area contributed by atoms with Crippen LogP contribution < -0.4 is 10.4 Å². The van der Waals surface area contributed by atoms with Gasteiger partial charge in [-0.1, -0.05) is 6.07 Å². The molecule has 0 amide bonds. The largest absolute Gasteiger partial charge is 0.301 e. The molecule has 1 N–H and O–H groups in total. The Morgan fingerprint density at radius 3 is 2.90 bits per heavy atom. The Hall–Kier alpha value is -1.54. The number of aromatic nitrogens is 2. The van der Waals surface area contributed by atoms with Crippen molar-refractivity contribution in [3.8, 4) is 0 Å². The highest BCUT2D eigenvalue weighted by molar-refractivity contribution is 14.1. The molecule has 2 unspecified atom stereocenters. The van der Waals surface area contributed by atoms with Crippen LogP contribution in [0.4, 0.5) is 5.82 Å². The second-order valence-corrected chi connectivity index (χ2v) is 5.83. The molecule has 0 saturated carbocycles. The number of hydrogen-bond donors (Lipinski definition) is 1. The summed E-state index contributed by atoms with van der Waals surface area (Å²) in [5.41, 5.74) is 4.31. The molecule has 0 radical (unpaired) electrons. The fraction of sp³-hybridized carbons (Fsp3) is 0.214. The predicted molar refractivity (Wildman–Crippen MR) is 84.3 cm³/mol. The summed E-state index contributed by atoms with van der Waals surface area (Å²) < 4.78 is 1.07. The smallest absolute Gasteiger partial charge is 0.144 e. The van der Waals surface area contributed by atoms with Crippen LogP contribution in [0.5, 0.6) is 0 Å². The lowest BCUT2D eigenvalue weighted by molar-refractivity contribution is -0.109. The van der Waals surface area contributed by atoms with Gasteiger partial charge in [0.05, 0.1) is 0 Å². The van der Waals surface area contributed by atoms with Crippen LogP contribution in [0, 0.1) is 3.57 Å². The zero-order valence-electron chi connectivity index (χ0n) is 10.6. The van der Waals surface area contributed by atoms with Gasteiger partial charge in [0, 0.05) is 34.6 Å². The average Bonchev–Trinajstić information content (AvgIpc) is 2.93. The number of halogens is 1. The molecule has 6 heteroatoms. The third-order valence-electron chi connectivity index (χ3n) is 3.40. The fourth-order valence-electron chi connectivity index (χ4n) is 2.41. The molecule has 2 atom stereocenters. The first-order valence-corrected chi connectivity index (χ1v) is 7.37. The third-order valence-corrected chi connectivity index (χ3v) is 4.04. The van der Waals surface area contributed by atoms with Gasteiger partial charge >= 0.3 is 0 Å². The van der Waals surface area contributed by atoms with E-state index in [1.807, 2.05) is 35.5 Å². The number of hydrogen-bond acceptors (Lipinski definition) is 5. The van der Waals surface area contributed by atoms with Gasteiger partial charge in [-0.2, -0.15) is 0 Å². The molecule has 102 valence electrons. The van der Waals surface area contributed by atoms with Crippen molar-refractivity contribution >= 4 is 34.7 Å². The van der Waals surface area contributed by atoms with E-state index in [2.05, 4.69) is 38.0 Å². The first-order chi connectivity index (χ1) is 9.79. The van der Waals surface area contributed by atoms with Crippen molar-refractivity contribution in [3.05, 3.63) is 52.0 Å². The molecule has 1 aliphatic rings. The van der Waals surface area contributed by atoms with Crippen molar-refractivity contribution in [3.63, 3.8) is 0 Å². The molecule has 2 aromatic rings. The lowest BCUT2D eigenvalue weighted by Gasteiger charge is -2.23. The molecule has 0 bridgehead atoms. The Bertz CT molecular complexity index is 590. The number of nitrogens with zero attached hydrogens (tertiary/aromatic N) is 3.